The molecule has 8 nitrogen and oxygen atoms in total. The van der Waals surface area contributed by atoms with Crippen LogP contribution in [-0.2, 0) is 14.3 Å². The van der Waals surface area contributed by atoms with Gasteiger partial charge in [0.2, 0.25) is 5.88 Å². The largest absolute Gasteiger partial charge is 0.491 e. The summed E-state index contributed by atoms with van der Waals surface area (Å²) in [7, 11) is -2.07. The Bertz CT molecular complexity index is 1080. The van der Waals surface area contributed by atoms with Gasteiger partial charge in [-0.1, -0.05) is 0 Å². The predicted octanol–water partition coefficient (Wildman–Crippen LogP) is 3.70. The minimum atomic E-state index is -3.54. The quantitative estimate of drug-likeness (QED) is 0.367. The van der Waals surface area contributed by atoms with Crippen LogP contribution in [0.2, 0.25) is 0 Å². The minimum absolute atomic E-state index is 0.0209. The van der Waals surface area contributed by atoms with Gasteiger partial charge in [-0.15, -0.1) is 0 Å². The first-order valence-electron chi connectivity index (χ1n) is 8.64. The van der Waals surface area contributed by atoms with Crippen LogP contribution in [0.25, 0.3) is 22.6 Å². The summed E-state index contributed by atoms with van der Waals surface area (Å²) in [6, 6.07) is 9.64. The maximum Gasteiger partial charge on any atom is 0.313 e. The van der Waals surface area contributed by atoms with Gasteiger partial charge in [0, 0.05) is 23.4 Å². The highest BCUT2D eigenvalue weighted by Crippen LogP contribution is 2.36. The van der Waals surface area contributed by atoms with Gasteiger partial charge in [0.15, 0.2) is 5.76 Å². The highest BCUT2D eigenvalue weighted by Gasteiger charge is 2.22. The lowest BCUT2D eigenvalue weighted by Crippen LogP contribution is -2.11. The number of halogens is 2. The van der Waals surface area contributed by atoms with Gasteiger partial charge in [-0.05, 0) is 30.3 Å². The third-order valence-electron chi connectivity index (χ3n) is 3.82. The molecule has 11 heteroatoms. The molecule has 3 rings (SSSR count). The second-order valence-electron chi connectivity index (χ2n) is 6.02. The molecule has 1 aromatic carbocycles. The Labute approximate surface area is 171 Å². The van der Waals surface area contributed by atoms with Gasteiger partial charge in [0.1, 0.15) is 24.7 Å². The summed E-state index contributed by atoms with van der Waals surface area (Å²) < 4.78 is 68.5. The van der Waals surface area contributed by atoms with Crippen LogP contribution in [0.15, 0.2) is 47.0 Å². The van der Waals surface area contributed by atoms with E-state index in [2.05, 4.69) is 14.2 Å². The number of rotatable bonds is 9. The summed E-state index contributed by atoms with van der Waals surface area (Å²) in [4.78, 5) is 7.99. The number of alkyl halides is 2. The summed E-state index contributed by atoms with van der Waals surface area (Å²) in [5, 5.41) is 0. The molecule has 0 aliphatic carbocycles. The molecule has 0 amide bonds. The number of oxazole rings is 1. The summed E-state index contributed by atoms with van der Waals surface area (Å²) in [5.74, 6) is 0.273. The molecule has 0 spiro atoms. The normalized spacial score (nSPS) is 11.6. The number of pyridine rings is 1. The zero-order valence-electron chi connectivity index (χ0n) is 16.0. The smallest absolute Gasteiger partial charge is 0.313 e. The van der Waals surface area contributed by atoms with Crippen molar-refractivity contribution in [2.24, 2.45) is 0 Å². The Morgan fingerprint density at radius 1 is 1.07 bits per heavy atom. The fourth-order valence-corrected chi connectivity index (χ4v) is 2.88. The number of aromatic nitrogens is 2. The number of methoxy groups -OCH3 is 1. The third kappa shape index (κ3) is 5.51. The summed E-state index contributed by atoms with van der Waals surface area (Å²) in [5.41, 5.74) is 1.20. The standard InChI is InChI=1S/C19H18F2N2O6S/c1-26-15-8-5-13(11-22-15)16-17(29-19(23-16)18(20)21)12-3-6-14(7-4-12)27-9-10-28-30(2,24)25/h3-8,11,18H,9-10H2,1-2H3. The highest BCUT2D eigenvalue weighted by molar-refractivity contribution is 7.85. The summed E-state index contributed by atoms with van der Waals surface area (Å²) in [6.45, 7) is -0.109. The number of hydrogen-bond donors (Lipinski definition) is 0. The van der Waals surface area contributed by atoms with E-state index in [9.17, 15) is 17.2 Å². The number of hydrogen-bond acceptors (Lipinski definition) is 8. The molecule has 0 N–H and O–H groups in total. The second kappa shape index (κ2) is 9.18. The molecule has 2 heterocycles. The van der Waals surface area contributed by atoms with Crippen molar-refractivity contribution in [1.82, 2.24) is 9.97 Å². The van der Waals surface area contributed by atoms with Crippen LogP contribution in [-0.4, -0.2) is 45.0 Å². The molecule has 0 unspecified atom stereocenters. The van der Waals surface area contributed by atoms with Crippen molar-refractivity contribution in [2.75, 3.05) is 26.6 Å². The Morgan fingerprint density at radius 3 is 2.33 bits per heavy atom. The van der Waals surface area contributed by atoms with Crippen LogP contribution in [0, 0.1) is 0 Å². The molecule has 0 radical (unpaired) electrons. The first-order chi connectivity index (χ1) is 14.3. The topological polar surface area (TPSA) is 101 Å². The van der Waals surface area contributed by atoms with E-state index >= 15 is 0 Å². The van der Waals surface area contributed by atoms with E-state index in [0.29, 0.717) is 22.8 Å². The number of benzene rings is 1. The monoisotopic (exact) mass is 440 g/mol. The number of ether oxygens (including phenoxy) is 2. The van der Waals surface area contributed by atoms with E-state index in [0.717, 1.165) is 6.26 Å². The van der Waals surface area contributed by atoms with Crippen molar-refractivity contribution in [3.8, 4) is 34.2 Å². The average molecular weight is 440 g/mol. The van der Waals surface area contributed by atoms with E-state index in [1.54, 1.807) is 36.4 Å². The molecular formula is C19H18F2N2O6S. The lowest BCUT2D eigenvalue weighted by Gasteiger charge is -2.07. The zero-order valence-corrected chi connectivity index (χ0v) is 16.9. The van der Waals surface area contributed by atoms with Gasteiger partial charge in [0.25, 0.3) is 16.0 Å². The minimum Gasteiger partial charge on any atom is -0.491 e. The molecule has 0 saturated heterocycles. The van der Waals surface area contributed by atoms with Gasteiger partial charge in [-0.3, -0.25) is 4.18 Å². The molecule has 3 aromatic rings. The van der Waals surface area contributed by atoms with E-state index in [4.69, 9.17) is 13.9 Å². The van der Waals surface area contributed by atoms with E-state index in [-0.39, 0.29) is 24.7 Å². The van der Waals surface area contributed by atoms with Crippen LogP contribution in [0.3, 0.4) is 0 Å². The molecule has 0 bridgehead atoms. The molecule has 30 heavy (non-hydrogen) atoms. The van der Waals surface area contributed by atoms with Crippen molar-refractivity contribution in [3.63, 3.8) is 0 Å². The molecule has 0 atom stereocenters. The van der Waals surface area contributed by atoms with E-state index in [1.807, 2.05) is 0 Å². The maximum atomic E-state index is 13.2. The summed E-state index contributed by atoms with van der Waals surface area (Å²) in [6.07, 6.45) is -0.474. The SMILES string of the molecule is COc1ccc(-c2nc(C(F)F)oc2-c2ccc(OCCOS(C)(=O)=O)cc2)cn1. The van der Waals surface area contributed by atoms with Crippen molar-refractivity contribution in [2.45, 2.75) is 6.43 Å². The number of nitrogens with zero attached hydrogens (tertiary/aromatic N) is 2. The lowest BCUT2D eigenvalue weighted by atomic mass is 10.1. The van der Waals surface area contributed by atoms with Gasteiger partial charge < -0.3 is 13.9 Å². The van der Waals surface area contributed by atoms with Crippen LogP contribution < -0.4 is 9.47 Å². The highest BCUT2D eigenvalue weighted by atomic mass is 32.2. The molecule has 0 fully saturated rings. The Kier molecular flexibility index (Phi) is 6.63. The van der Waals surface area contributed by atoms with Crippen LogP contribution in [0.5, 0.6) is 11.6 Å². The van der Waals surface area contributed by atoms with E-state index in [1.165, 1.54) is 13.3 Å². The fraction of sp³-hybridized carbons (Fsp3) is 0.263. The molecule has 0 aliphatic rings. The van der Waals surface area contributed by atoms with Crippen molar-refractivity contribution >= 4 is 10.1 Å². The molecular weight excluding hydrogens is 422 g/mol. The van der Waals surface area contributed by atoms with Gasteiger partial charge in [-0.2, -0.15) is 17.2 Å². The van der Waals surface area contributed by atoms with Crippen molar-refractivity contribution in [3.05, 3.63) is 48.5 Å². The molecule has 2 aromatic heterocycles. The van der Waals surface area contributed by atoms with Crippen molar-refractivity contribution < 1.29 is 35.3 Å². The van der Waals surface area contributed by atoms with Gasteiger partial charge >= 0.3 is 6.43 Å². The Balaban J connectivity index is 1.82. The van der Waals surface area contributed by atoms with Gasteiger partial charge in [-0.25, -0.2) is 9.97 Å². The van der Waals surface area contributed by atoms with Crippen LogP contribution in [0.1, 0.15) is 12.3 Å². The maximum absolute atomic E-state index is 13.2. The summed E-state index contributed by atoms with van der Waals surface area (Å²) >= 11 is 0. The fourth-order valence-electron chi connectivity index (χ4n) is 2.51. The Morgan fingerprint density at radius 2 is 1.77 bits per heavy atom. The van der Waals surface area contributed by atoms with E-state index < -0.39 is 22.4 Å². The molecule has 0 aliphatic heterocycles. The first kappa shape index (κ1) is 21.7. The average Bonchev–Trinajstić information content (AvgIpc) is 3.17. The van der Waals surface area contributed by atoms with Crippen LogP contribution >= 0.6 is 0 Å². The molecule has 160 valence electrons. The second-order valence-corrected chi connectivity index (χ2v) is 7.66. The Hall–Kier alpha value is -3.05. The zero-order chi connectivity index (χ0) is 21.7. The molecule has 0 saturated carbocycles. The predicted molar refractivity (Wildman–Crippen MR) is 103 cm³/mol. The first-order valence-corrected chi connectivity index (χ1v) is 10.5. The van der Waals surface area contributed by atoms with Crippen LogP contribution in [0.4, 0.5) is 8.78 Å². The lowest BCUT2D eigenvalue weighted by molar-refractivity contribution is 0.116. The van der Waals surface area contributed by atoms with Gasteiger partial charge in [0.05, 0.1) is 13.4 Å². The van der Waals surface area contributed by atoms with Crippen molar-refractivity contribution in [1.29, 1.82) is 0 Å². The third-order valence-corrected chi connectivity index (χ3v) is 4.41.